The second-order valence-electron chi connectivity index (χ2n) is 5.98. The molecule has 0 spiro atoms. The maximum atomic E-state index is 9.99. The maximum Gasteiger partial charge on any atom is 0.0802 e. The third kappa shape index (κ3) is 4.06. The molecule has 2 nitrogen and oxygen atoms in total. The van der Waals surface area contributed by atoms with E-state index in [0.29, 0.717) is 18.8 Å². The molecule has 0 aliphatic rings. The first-order chi connectivity index (χ1) is 9.56. The van der Waals surface area contributed by atoms with Gasteiger partial charge in [-0.05, 0) is 41.5 Å². The Morgan fingerprint density at radius 2 is 1.60 bits per heavy atom. The zero-order chi connectivity index (χ0) is 14.5. The zero-order valence-corrected chi connectivity index (χ0v) is 12.3. The zero-order valence-electron chi connectivity index (χ0n) is 12.3. The van der Waals surface area contributed by atoms with Gasteiger partial charge in [0.05, 0.1) is 12.2 Å². The van der Waals surface area contributed by atoms with E-state index in [-0.39, 0.29) is 0 Å². The van der Waals surface area contributed by atoms with Gasteiger partial charge in [-0.2, -0.15) is 0 Å². The Balaban J connectivity index is 1.95. The first kappa shape index (κ1) is 15.0. The van der Waals surface area contributed by atoms with Crippen molar-refractivity contribution >= 4 is 10.8 Å². The highest BCUT2D eigenvalue weighted by atomic mass is 16.3. The van der Waals surface area contributed by atoms with E-state index in [1.807, 2.05) is 12.1 Å². The maximum absolute atomic E-state index is 9.99. The van der Waals surface area contributed by atoms with Crippen molar-refractivity contribution in [1.29, 1.82) is 0 Å². The number of hydrogen-bond donors (Lipinski definition) is 2. The summed E-state index contributed by atoms with van der Waals surface area (Å²) in [5.74, 6) is 0.403. The van der Waals surface area contributed by atoms with Gasteiger partial charge >= 0.3 is 0 Å². The van der Waals surface area contributed by atoms with E-state index in [2.05, 4.69) is 44.2 Å². The van der Waals surface area contributed by atoms with Gasteiger partial charge in [-0.25, -0.2) is 0 Å². The van der Waals surface area contributed by atoms with Crippen molar-refractivity contribution in [2.45, 2.75) is 45.3 Å². The number of aliphatic hydroxyl groups is 2. The highest BCUT2D eigenvalue weighted by Crippen LogP contribution is 2.18. The number of fused-ring (bicyclic) bond motifs is 1. The lowest BCUT2D eigenvalue weighted by molar-refractivity contribution is 0.00336. The summed E-state index contributed by atoms with van der Waals surface area (Å²) in [4.78, 5) is 0. The summed E-state index contributed by atoms with van der Waals surface area (Å²) >= 11 is 0. The van der Waals surface area contributed by atoms with E-state index >= 15 is 0 Å². The average molecular weight is 272 g/mol. The van der Waals surface area contributed by atoms with E-state index in [1.165, 1.54) is 16.3 Å². The van der Waals surface area contributed by atoms with Gasteiger partial charge in [0.2, 0.25) is 0 Å². The Hall–Kier alpha value is -1.38. The predicted molar refractivity (Wildman–Crippen MR) is 83.7 cm³/mol. The van der Waals surface area contributed by atoms with Gasteiger partial charge in [0, 0.05) is 0 Å². The highest BCUT2D eigenvalue weighted by molar-refractivity contribution is 5.82. The molecule has 2 atom stereocenters. The summed E-state index contributed by atoms with van der Waals surface area (Å²) in [5.41, 5.74) is 1.21. The topological polar surface area (TPSA) is 40.5 Å². The van der Waals surface area contributed by atoms with Crippen LogP contribution in [0.4, 0.5) is 0 Å². The molecule has 2 rings (SSSR count). The van der Waals surface area contributed by atoms with Crippen LogP contribution in [-0.2, 0) is 6.42 Å². The Morgan fingerprint density at radius 1 is 0.900 bits per heavy atom. The van der Waals surface area contributed by atoms with E-state index in [1.54, 1.807) is 0 Å². The molecular weight excluding hydrogens is 248 g/mol. The lowest BCUT2D eigenvalue weighted by Crippen LogP contribution is -2.27. The lowest BCUT2D eigenvalue weighted by Gasteiger charge is -2.19. The molecule has 0 aromatic heterocycles. The van der Waals surface area contributed by atoms with Gasteiger partial charge in [0.1, 0.15) is 0 Å². The van der Waals surface area contributed by atoms with Crippen LogP contribution in [0.25, 0.3) is 10.8 Å². The van der Waals surface area contributed by atoms with Gasteiger partial charge in [-0.3, -0.25) is 0 Å². The molecule has 0 aliphatic carbocycles. The molecule has 0 fully saturated rings. The van der Waals surface area contributed by atoms with Gasteiger partial charge in [0.25, 0.3) is 0 Å². The van der Waals surface area contributed by atoms with Crippen LogP contribution in [0.5, 0.6) is 0 Å². The number of hydrogen-bond acceptors (Lipinski definition) is 2. The molecule has 20 heavy (non-hydrogen) atoms. The van der Waals surface area contributed by atoms with Gasteiger partial charge in [0.15, 0.2) is 0 Å². The van der Waals surface area contributed by atoms with Crippen molar-refractivity contribution in [3.05, 3.63) is 48.0 Å². The first-order valence-electron chi connectivity index (χ1n) is 7.40. The summed E-state index contributed by atoms with van der Waals surface area (Å²) < 4.78 is 0. The molecule has 0 saturated carbocycles. The molecule has 0 radical (unpaired) electrons. The predicted octanol–water partition coefficient (Wildman–Crippen LogP) is 3.54. The minimum atomic E-state index is -0.635. The van der Waals surface area contributed by atoms with Crippen LogP contribution in [0.15, 0.2) is 42.5 Å². The van der Waals surface area contributed by atoms with Crippen LogP contribution in [0, 0.1) is 5.92 Å². The summed E-state index contributed by atoms with van der Waals surface area (Å²) in [6.45, 7) is 4.11. The first-order valence-corrected chi connectivity index (χ1v) is 7.40. The molecule has 0 aliphatic heterocycles. The molecule has 108 valence electrons. The number of aryl methyl sites for hydroxylation is 1. The van der Waals surface area contributed by atoms with E-state index < -0.39 is 12.2 Å². The molecule has 0 bridgehead atoms. The molecule has 2 N–H and O–H groups in total. The number of benzene rings is 2. The van der Waals surface area contributed by atoms with Crippen LogP contribution in [0.2, 0.25) is 0 Å². The molecule has 2 unspecified atom stereocenters. The van der Waals surface area contributed by atoms with Crippen LogP contribution in [0.1, 0.15) is 32.3 Å². The van der Waals surface area contributed by atoms with Crippen LogP contribution < -0.4 is 0 Å². The van der Waals surface area contributed by atoms with Gasteiger partial charge in [-0.1, -0.05) is 56.3 Å². The Labute approximate surface area is 121 Å². The fourth-order valence-electron chi connectivity index (χ4n) is 2.54. The Morgan fingerprint density at radius 3 is 2.30 bits per heavy atom. The molecule has 0 amide bonds. The Kier molecular flexibility index (Phi) is 5.16. The van der Waals surface area contributed by atoms with Crippen LogP contribution in [-0.4, -0.2) is 22.4 Å². The second-order valence-corrected chi connectivity index (χ2v) is 5.98. The van der Waals surface area contributed by atoms with Crippen LogP contribution in [0.3, 0.4) is 0 Å². The second kappa shape index (κ2) is 6.87. The van der Waals surface area contributed by atoms with Crippen molar-refractivity contribution < 1.29 is 10.2 Å². The smallest absolute Gasteiger partial charge is 0.0802 e. The van der Waals surface area contributed by atoms with E-state index in [9.17, 15) is 10.2 Å². The summed E-state index contributed by atoms with van der Waals surface area (Å²) in [7, 11) is 0. The summed E-state index contributed by atoms with van der Waals surface area (Å²) in [6, 6.07) is 14.6. The molecule has 0 saturated heterocycles. The third-order valence-corrected chi connectivity index (χ3v) is 3.70. The van der Waals surface area contributed by atoms with Crippen molar-refractivity contribution in [2.24, 2.45) is 5.92 Å². The van der Waals surface area contributed by atoms with Crippen molar-refractivity contribution in [1.82, 2.24) is 0 Å². The molecule has 2 heteroatoms. The molecular formula is C18H24O2. The Bertz CT molecular complexity index is 548. The van der Waals surface area contributed by atoms with Crippen LogP contribution >= 0.6 is 0 Å². The highest BCUT2D eigenvalue weighted by Gasteiger charge is 2.17. The van der Waals surface area contributed by atoms with Crippen molar-refractivity contribution in [3.63, 3.8) is 0 Å². The standard InChI is InChI=1S/C18H24O2/c1-13(2)11-18(20)17(19)10-8-14-7-9-15-5-3-4-6-16(15)12-14/h3-7,9,12-13,17-20H,8,10-11H2,1-2H3. The summed E-state index contributed by atoms with van der Waals surface area (Å²) in [6.07, 6.45) is 0.797. The number of aliphatic hydroxyl groups excluding tert-OH is 2. The monoisotopic (exact) mass is 272 g/mol. The van der Waals surface area contributed by atoms with Gasteiger partial charge in [-0.15, -0.1) is 0 Å². The fourth-order valence-corrected chi connectivity index (χ4v) is 2.54. The molecule has 2 aromatic rings. The minimum Gasteiger partial charge on any atom is -0.390 e. The van der Waals surface area contributed by atoms with E-state index in [4.69, 9.17) is 0 Å². The largest absolute Gasteiger partial charge is 0.390 e. The van der Waals surface area contributed by atoms with E-state index in [0.717, 1.165) is 6.42 Å². The average Bonchev–Trinajstić information content (AvgIpc) is 2.43. The molecule has 0 heterocycles. The van der Waals surface area contributed by atoms with Crippen molar-refractivity contribution in [3.8, 4) is 0 Å². The normalized spacial score (nSPS) is 14.7. The van der Waals surface area contributed by atoms with Gasteiger partial charge < -0.3 is 10.2 Å². The number of rotatable bonds is 6. The quantitative estimate of drug-likeness (QED) is 0.844. The summed E-state index contributed by atoms with van der Waals surface area (Å²) in [5, 5.41) is 22.3. The van der Waals surface area contributed by atoms with Crippen molar-refractivity contribution in [2.75, 3.05) is 0 Å². The fraction of sp³-hybridized carbons (Fsp3) is 0.444. The SMILES string of the molecule is CC(C)CC(O)C(O)CCc1ccc2ccccc2c1. The third-order valence-electron chi connectivity index (χ3n) is 3.70. The molecule has 2 aromatic carbocycles. The minimum absolute atomic E-state index is 0.403. The lowest BCUT2D eigenvalue weighted by atomic mass is 9.96.